The number of piperazine rings is 1. The molecule has 0 saturated carbocycles. The number of hydrogen-bond acceptors (Lipinski definition) is 7. The molecule has 1 aromatic heterocycles. The van der Waals surface area contributed by atoms with Crippen molar-refractivity contribution in [2.75, 3.05) is 60.0 Å². The minimum absolute atomic E-state index is 0. The molecule has 31 heavy (non-hydrogen) atoms. The molecule has 0 atom stereocenters. The van der Waals surface area contributed by atoms with E-state index in [0.717, 1.165) is 38.0 Å². The number of aromatic nitrogens is 2. The number of hydrogen-bond donors (Lipinski definition) is 0. The van der Waals surface area contributed by atoms with E-state index < -0.39 is 0 Å². The molecular formula is C23H36ClN5O2. The molecule has 0 amide bonds. The average Bonchev–Trinajstić information content (AvgIpc) is 3.25. The summed E-state index contributed by atoms with van der Waals surface area (Å²) in [6, 6.07) is 9.15. The van der Waals surface area contributed by atoms with Crippen LogP contribution in [-0.2, 0) is 17.7 Å². The van der Waals surface area contributed by atoms with Crippen LogP contribution >= 0.6 is 12.4 Å². The van der Waals surface area contributed by atoms with Crippen LogP contribution in [0.4, 0.5) is 0 Å². The average molecular weight is 450 g/mol. The Bertz CT molecular complexity index is 771. The van der Waals surface area contributed by atoms with Gasteiger partial charge in [-0.05, 0) is 51.9 Å². The predicted molar refractivity (Wildman–Crippen MR) is 125 cm³/mol. The number of likely N-dealkylation sites (N-methyl/N-ethyl adjacent to an activating group) is 1. The number of aryl methyl sites for hydroxylation is 1. The van der Waals surface area contributed by atoms with Gasteiger partial charge in [0.25, 0.3) is 0 Å². The van der Waals surface area contributed by atoms with E-state index in [2.05, 4.69) is 63.2 Å². The van der Waals surface area contributed by atoms with Crippen molar-refractivity contribution in [1.82, 2.24) is 24.8 Å². The second-order valence-corrected chi connectivity index (χ2v) is 8.72. The van der Waals surface area contributed by atoms with Crippen LogP contribution in [0.1, 0.15) is 30.7 Å². The van der Waals surface area contributed by atoms with Gasteiger partial charge in [-0.1, -0.05) is 29.4 Å². The zero-order valence-corrected chi connectivity index (χ0v) is 19.6. The molecule has 0 spiro atoms. The largest absolute Gasteiger partial charge is 0.381 e. The van der Waals surface area contributed by atoms with Crippen molar-refractivity contribution < 1.29 is 9.26 Å². The van der Waals surface area contributed by atoms with E-state index >= 15 is 0 Å². The normalized spacial score (nSPS) is 18.9. The van der Waals surface area contributed by atoms with Crippen molar-refractivity contribution in [3.63, 3.8) is 0 Å². The van der Waals surface area contributed by atoms with Crippen molar-refractivity contribution in [3.8, 4) is 11.4 Å². The molecule has 7 nitrogen and oxygen atoms in total. The summed E-state index contributed by atoms with van der Waals surface area (Å²) in [5.74, 6) is 1.35. The summed E-state index contributed by atoms with van der Waals surface area (Å²) in [6.07, 6.45) is 4.44. The van der Waals surface area contributed by atoms with Crippen LogP contribution in [0, 0.1) is 0 Å². The van der Waals surface area contributed by atoms with Crippen LogP contribution in [0.2, 0.25) is 0 Å². The number of halogens is 1. The van der Waals surface area contributed by atoms with Gasteiger partial charge in [-0.15, -0.1) is 12.4 Å². The summed E-state index contributed by atoms with van der Waals surface area (Å²) >= 11 is 0. The lowest BCUT2D eigenvalue weighted by Gasteiger charge is -2.32. The van der Waals surface area contributed by atoms with E-state index in [1.54, 1.807) is 0 Å². The summed E-state index contributed by atoms with van der Waals surface area (Å²) in [7, 11) is 4.33. The Morgan fingerprint density at radius 2 is 1.77 bits per heavy atom. The van der Waals surface area contributed by atoms with Crippen molar-refractivity contribution >= 4 is 12.4 Å². The Morgan fingerprint density at radius 1 is 1.06 bits per heavy atom. The van der Waals surface area contributed by atoms with E-state index in [0.29, 0.717) is 24.3 Å². The monoisotopic (exact) mass is 449 g/mol. The molecule has 0 N–H and O–H groups in total. The SMILES string of the molecule is CN1CCN(CCCc2ccc(-c3noc(CN(C)C4CCOCC4)n3)cc2)CC1.Cl. The second kappa shape index (κ2) is 11.9. The van der Waals surface area contributed by atoms with Gasteiger partial charge in [-0.25, -0.2) is 0 Å². The lowest BCUT2D eigenvalue weighted by Crippen LogP contribution is -2.44. The maximum Gasteiger partial charge on any atom is 0.241 e. The Kier molecular flexibility index (Phi) is 9.29. The summed E-state index contributed by atoms with van der Waals surface area (Å²) in [5.41, 5.74) is 2.39. The first-order valence-electron chi connectivity index (χ1n) is 11.3. The molecule has 4 rings (SSSR count). The smallest absolute Gasteiger partial charge is 0.241 e. The highest BCUT2D eigenvalue weighted by molar-refractivity contribution is 5.85. The zero-order valence-electron chi connectivity index (χ0n) is 18.8. The molecular weight excluding hydrogens is 414 g/mol. The van der Waals surface area contributed by atoms with Gasteiger partial charge in [-0.2, -0.15) is 4.98 Å². The maximum atomic E-state index is 5.51. The molecule has 172 valence electrons. The molecule has 2 aliphatic rings. The highest BCUT2D eigenvalue weighted by Crippen LogP contribution is 2.19. The molecule has 1 aromatic carbocycles. The topological polar surface area (TPSA) is 57.9 Å². The van der Waals surface area contributed by atoms with E-state index in [1.165, 1.54) is 44.7 Å². The maximum absolute atomic E-state index is 5.51. The highest BCUT2D eigenvalue weighted by atomic mass is 35.5. The summed E-state index contributed by atoms with van der Waals surface area (Å²) in [4.78, 5) is 11.9. The van der Waals surface area contributed by atoms with Gasteiger partial charge in [0, 0.05) is 51.0 Å². The third-order valence-corrected chi connectivity index (χ3v) is 6.41. The quantitative estimate of drug-likeness (QED) is 0.614. The first-order chi connectivity index (χ1) is 14.7. The molecule has 0 unspecified atom stereocenters. The molecule has 2 aromatic rings. The number of rotatable bonds is 8. The van der Waals surface area contributed by atoms with Crippen LogP contribution in [0.15, 0.2) is 28.8 Å². The number of benzene rings is 1. The van der Waals surface area contributed by atoms with Gasteiger partial charge < -0.3 is 19.1 Å². The van der Waals surface area contributed by atoms with Crippen LogP contribution in [0.3, 0.4) is 0 Å². The molecule has 0 radical (unpaired) electrons. The standard InChI is InChI=1S/C23H35N5O2.ClH/c1-26-12-14-28(15-13-26)11-3-4-19-5-7-20(8-6-19)23-24-22(30-25-23)18-27(2)21-9-16-29-17-10-21;/h5-8,21H,3-4,9-18H2,1-2H3;1H. The Morgan fingerprint density at radius 3 is 2.48 bits per heavy atom. The van der Waals surface area contributed by atoms with E-state index in [-0.39, 0.29) is 12.4 Å². The zero-order chi connectivity index (χ0) is 20.8. The van der Waals surface area contributed by atoms with Gasteiger partial charge in [-0.3, -0.25) is 4.90 Å². The number of ether oxygens (including phenoxy) is 1. The van der Waals surface area contributed by atoms with Crippen molar-refractivity contribution in [2.24, 2.45) is 0 Å². The first kappa shape index (κ1) is 24.1. The van der Waals surface area contributed by atoms with E-state index in [9.17, 15) is 0 Å². The molecule has 2 saturated heterocycles. The fourth-order valence-corrected chi connectivity index (χ4v) is 4.30. The Balaban J connectivity index is 0.00000272. The third kappa shape index (κ3) is 6.99. The fourth-order valence-electron chi connectivity index (χ4n) is 4.30. The fraction of sp³-hybridized carbons (Fsp3) is 0.652. The molecule has 2 fully saturated rings. The summed E-state index contributed by atoms with van der Waals surface area (Å²) in [6.45, 7) is 8.31. The number of nitrogens with zero attached hydrogens (tertiary/aromatic N) is 5. The lowest BCUT2D eigenvalue weighted by molar-refractivity contribution is 0.0376. The second-order valence-electron chi connectivity index (χ2n) is 8.72. The summed E-state index contributed by atoms with van der Waals surface area (Å²) in [5, 5.41) is 4.20. The van der Waals surface area contributed by atoms with Gasteiger partial charge in [0.05, 0.1) is 6.54 Å². The van der Waals surface area contributed by atoms with Gasteiger partial charge in [0.15, 0.2) is 0 Å². The lowest BCUT2D eigenvalue weighted by atomic mass is 10.1. The highest BCUT2D eigenvalue weighted by Gasteiger charge is 2.20. The van der Waals surface area contributed by atoms with Crippen LogP contribution < -0.4 is 0 Å². The Labute approximate surface area is 192 Å². The van der Waals surface area contributed by atoms with Gasteiger partial charge in [0.1, 0.15) is 0 Å². The van der Waals surface area contributed by atoms with E-state index in [1.807, 2.05) is 0 Å². The van der Waals surface area contributed by atoms with Gasteiger partial charge in [0.2, 0.25) is 11.7 Å². The third-order valence-electron chi connectivity index (χ3n) is 6.41. The molecule has 2 aliphatic heterocycles. The minimum Gasteiger partial charge on any atom is -0.381 e. The molecule has 0 bridgehead atoms. The molecule has 0 aliphatic carbocycles. The van der Waals surface area contributed by atoms with Crippen LogP contribution in [-0.4, -0.2) is 90.9 Å². The first-order valence-corrected chi connectivity index (χ1v) is 11.3. The van der Waals surface area contributed by atoms with Crippen molar-refractivity contribution in [2.45, 2.75) is 38.3 Å². The molecule has 3 heterocycles. The Hall–Kier alpha value is -1.51. The van der Waals surface area contributed by atoms with E-state index in [4.69, 9.17) is 9.26 Å². The summed E-state index contributed by atoms with van der Waals surface area (Å²) < 4.78 is 11.0. The van der Waals surface area contributed by atoms with Crippen LogP contribution in [0.5, 0.6) is 0 Å². The van der Waals surface area contributed by atoms with Gasteiger partial charge >= 0.3 is 0 Å². The minimum atomic E-state index is 0. The van der Waals surface area contributed by atoms with Crippen molar-refractivity contribution in [3.05, 3.63) is 35.7 Å². The molecule has 8 heteroatoms. The predicted octanol–water partition coefficient (Wildman–Crippen LogP) is 2.95. The van der Waals surface area contributed by atoms with Crippen LogP contribution in [0.25, 0.3) is 11.4 Å². The van der Waals surface area contributed by atoms with Crippen molar-refractivity contribution in [1.29, 1.82) is 0 Å².